The summed E-state index contributed by atoms with van der Waals surface area (Å²) in [5.74, 6) is -2.12. The van der Waals surface area contributed by atoms with Crippen molar-refractivity contribution in [3.8, 4) is 0 Å². The van der Waals surface area contributed by atoms with Crippen molar-refractivity contribution >= 4 is 17.9 Å². The number of hydrogen-bond acceptors (Lipinski definition) is 7. The Morgan fingerprint density at radius 1 is 0.370 bits per heavy atom. The van der Waals surface area contributed by atoms with Gasteiger partial charge in [0.05, 0.1) is 34.4 Å². The zero-order valence-corrected chi connectivity index (χ0v) is 52.4. The number of hydrogen-bond donors (Lipinski definition) is 1. The van der Waals surface area contributed by atoms with E-state index in [9.17, 15) is 19.5 Å². The number of carbonyl (C=O) groups is 3. The first-order valence-electron chi connectivity index (χ1n) is 32.3. The number of likely N-dealkylation sites (N-methyl/N-ethyl adjacent to an activating group) is 1. The predicted octanol–water partition coefficient (Wildman–Crippen LogP) is 19.8. The standard InChI is InChI=1S/C72H119NO8/c1-6-8-10-12-14-16-18-20-22-24-26-27-28-29-30-31-32-33-34-35-36-37-38-39-40-41-42-43-45-46-48-50-52-54-56-58-60-62-69(74)79-66-68(67-80-72(71(76)77)78-65-64-73(3,4)5)81-70(75)63-61-59-57-55-53-51-49-47-44-25-23-21-19-17-15-13-11-9-7-2/h8-11,14-17,20-23,26-27,29-30,44,47,51,53,57,59,68,72H,6-7,12-13,18-19,24-25,28,31-43,45-46,48-50,52,54-56,58,60-67H2,1-5H3/p+1/b10-8-,11-9-,16-14-,17-15-,22-20-,23-21-,27-26-,30-29-,47-44-,53-51-,59-57-. The minimum absolute atomic E-state index is 0.130. The smallest absolute Gasteiger partial charge is 0.361 e. The van der Waals surface area contributed by atoms with Crippen LogP contribution in [0.15, 0.2) is 134 Å². The number of carboxylic acid groups (broad SMARTS) is 1. The highest BCUT2D eigenvalue weighted by atomic mass is 16.7. The van der Waals surface area contributed by atoms with E-state index in [0.717, 1.165) is 89.9 Å². The molecule has 0 aromatic heterocycles. The Bertz CT molecular complexity index is 1790. The fourth-order valence-electron chi connectivity index (χ4n) is 8.54. The normalized spacial score (nSPS) is 13.6. The highest BCUT2D eigenvalue weighted by Gasteiger charge is 2.25. The summed E-state index contributed by atoms with van der Waals surface area (Å²) in [6.45, 7) is 4.56. The van der Waals surface area contributed by atoms with Crippen molar-refractivity contribution < 1.29 is 42.9 Å². The van der Waals surface area contributed by atoms with Crippen LogP contribution in [0.2, 0.25) is 0 Å². The fourth-order valence-corrected chi connectivity index (χ4v) is 8.54. The quantitative estimate of drug-likeness (QED) is 0.0211. The van der Waals surface area contributed by atoms with E-state index in [1.54, 1.807) is 0 Å². The second-order valence-electron chi connectivity index (χ2n) is 22.3. The topological polar surface area (TPSA) is 108 Å². The second-order valence-corrected chi connectivity index (χ2v) is 22.3. The molecule has 0 aromatic rings. The molecule has 0 radical (unpaired) electrons. The molecule has 0 amide bonds. The van der Waals surface area contributed by atoms with E-state index < -0.39 is 24.3 Å². The molecule has 0 rings (SSSR count). The van der Waals surface area contributed by atoms with Crippen LogP contribution in [0.1, 0.15) is 245 Å². The van der Waals surface area contributed by atoms with E-state index in [2.05, 4.69) is 135 Å². The van der Waals surface area contributed by atoms with Gasteiger partial charge in [-0.25, -0.2) is 4.79 Å². The summed E-state index contributed by atoms with van der Waals surface area (Å²) in [6.07, 6.45) is 85.8. The van der Waals surface area contributed by atoms with Gasteiger partial charge in [-0.15, -0.1) is 0 Å². The van der Waals surface area contributed by atoms with Crippen molar-refractivity contribution in [3.63, 3.8) is 0 Å². The van der Waals surface area contributed by atoms with Gasteiger partial charge in [0.1, 0.15) is 13.2 Å². The molecule has 460 valence electrons. The minimum atomic E-state index is -1.54. The fraction of sp³-hybridized carbons (Fsp3) is 0.653. The van der Waals surface area contributed by atoms with E-state index in [0.29, 0.717) is 17.4 Å². The number of carbonyl (C=O) groups excluding carboxylic acids is 2. The Kier molecular flexibility index (Phi) is 58.0. The molecule has 0 spiro atoms. The van der Waals surface area contributed by atoms with Crippen molar-refractivity contribution in [2.24, 2.45) is 0 Å². The molecule has 0 aliphatic rings. The monoisotopic (exact) mass is 1130 g/mol. The Morgan fingerprint density at radius 2 is 0.691 bits per heavy atom. The maximum Gasteiger partial charge on any atom is 0.361 e. The number of unbranched alkanes of at least 4 members (excludes halogenated alkanes) is 21. The van der Waals surface area contributed by atoms with E-state index in [-0.39, 0.29) is 38.6 Å². The van der Waals surface area contributed by atoms with Crippen LogP contribution in [0.25, 0.3) is 0 Å². The molecule has 2 atom stereocenters. The van der Waals surface area contributed by atoms with Gasteiger partial charge in [-0.1, -0.05) is 270 Å². The van der Waals surface area contributed by atoms with Crippen molar-refractivity contribution in [3.05, 3.63) is 134 Å². The lowest BCUT2D eigenvalue weighted by Crippen LogP contribution is -2.40. The third kappa shape index (κ3) is 62.9. The van der Waals surface area contributed by atoms with Crippen molar-refractivity contribution in [1.82, 2.24) is 0 Å². The van der Waals surface area contributed by atoms with Crippen LogP contribution in [0.4, 0.5) is 0 Å². The largest absolute Gasteiger partial charge is 0.477 e. The van der Waals surface area contributed by atoms with Gasteiger partial charge in [0.25, 0.3) is 6.29 Å². The summed E-state index contributed by atoms with van der Waals surface area (Å²) in [4.78, 5) is 37.4. The Balaban J connectivity index is 4.12. The summed E-state index contributed by atoms with van der Waals surface area (Å²) >= 11 is 0. The van der Waals surface area contributed by atoms with Crippen LogP contribution < -0.4 is 0 Å². The molecular formula is C72H120NO8+. The van der Waals surface area contributed by atoms with Crippen LogP contribution in [0.5, 0.6) is 0 Å². The Labute approximate surface area is 497 Å². The van der Waals surface area contributed by atoms with Gasteiger partial charge in [-0.05, 0) is 96.3 Å². The molecule has 0 aromatic carbocycles. The van der Waals surface area contributed by atoms with Crippen molar-refractivity contribution in [1.29, 1.82) is 0 Å². The molecule has 9 heteroatoms. The molecular weight excluding hydrogens is 1010 g/mol. The average molecular weight is 1130 g/mol. The molecule has 0 aliphatic heterocycles. The number of carboxylic acids is 1. The number of ether oxygens (including phenoxy) is 4. The molecule has 0 fully saturated rings. The molecule has 0 saturated carbocycles. The van der Waals surface area contributed by atoms with Crippen LogP contribution in [0, 0.1) is 0 Å². The van der Waals surface area contributed by atoms with Gasteiger partial charge in [0.2, 0.25) is 0 Å². The van der Waals surface area contributed by atoms with Crippen LogP contribution >= 0.6 is 0 Å². The van der Waals surface area contributed by atoms with Gasteiger partial charge in [0, 0.05) is 12.8 Å². The molecule has 81 heavy (non-hydrogen) atoms. The third-order valence-electron chi connectivity index (χ3n) is 13.4. The zero-order valence-electron chi connectivity index (χ0n) is 52.4. The first-order valence-corrected chi connectivity index (χ1v) is 32.3. The maximum atomic E-state index is 12.8. The predicted molar refractivity (Wildman–Crippen MR) is 345 cm³/mol. The van der Waals surface area contributed by atoms with Crippen LogP contribution in [-0.2, 0) is 33.3 Å². The molecule has 0 bridgehead atoms. The zero-order chi connectivity index (χ0) is 59.1. The summed E-state index contributed by atoms with van der Waals surface area (Å²) in [5.41, 5.74) is 0. The van der Waals surface area contributed by atoms with E-state index in [4.69, 9.17) is 18.9 Å². The number of rotatable bonds is 58. The lowest BCUT2D eigenvalue weighted by molar-refractivity contribution is -0.870. The van der Waals surface area contributed by atoms with E-state index in [1.165, 1.54) is 122 Å². The summed E-state index contributed by atoms with van der Waals surface area (Å²) in [6, 6.07) is 0. The second kappa shape index (κ2) is 61.5. The van der Waals surface area contributed by atoms with Gasteiger partial charge in [-0.2, -0.15) is 0 Å². The Morgan fingerprint density at radius 3 is 1.04 bits per heavy atom. The van der Waals surface area contributed by atoms with Gasteiger partial charge in [-0.3, -0.25) is 9.59 Å². The number of esters is 2. The summed E-state index contributed by atoms with van der Waals surface area (Å²) in [7, 11) is 5.94. The molecule has 2 unspecified atom stereocenters. The molecule has 0 heterocycles. The third-order valence-corrected chi connectivity index (χ3v) is 13.4. The summed E-state index contributed by atoms with van der Waals surface area (Å²) in [5, 5.41) is 9.71. The lowest BCUT2D eigenvalue weighted by Gasteiger charge is -2.25. The van der Waals surface area contributed by atoms with Crippen LogP contribution in [0.3, 0.4) is 0 Å². The van der Waals surface area contributed by atoms with Gasteiger partial charge >= 0.3 is 17.9 Å². The minimum Gasteiger partial charge on any atom is -0.477 e. The number of aliphatic carboxylic acids is 1. The van der Waals surface area contributed by atoms with Gasteiger partial charge in [0.15, 0.2) is 6.10 Å². The molecule has 0 aliphatic carbocycles. The van der Waals surface area contributed by atoms with Gasteiger partial charge < -0.3 is 28.5 Å². The Hall–Kier alpha value is -4.57. The first kappa shape index (κ1) is 76.4. The SMILES string of the molecule is CC/C=C\C/C=C\C/C=C\C/C=C\C/C=C\C/C=C\CCC(=O)OC(COC(=O)CCCCCCCCCCCCCCCCCCCCCCC/C=C\C/C=C\C/C=C\C/C=C\C/C=C\CC)COC(OCC[N+](C)(C)C)C(=O)O. The van der Waals surface area contributed by atoms with Crippen molar-refractivity contribution in [2.75, 3.05) is 47.5 Å². The lowest BCUT2D eigenvalue weighted by atomic mass is 10.0. The highest BCUT2D eigenvalue weighted by Crippen LogP contribution is 2.16. The van der Waals surface area contributed by atoms with E-state index in [1.807, 2.05) is 33.3 Å². The highest BCUT2D eigenvalue weighted by molar-refractivity contribution is 5.71. The number of allylic oxidation sites excluding steroid dienone is 22. The van der Waals surface area contributed by atoms with Crippen LogP contribution in [-0.4, -0.2) is 87.4 Å². The molecule has 1 N–H and O–H groups in total. The van der Waals surface area contributed by atoms with Crippen molar-refractivity contribution in [2.45, 2.75) is 257 Å². The number of nitrogens with zero attached hydrogens (tertiary/aromatic N) is 1. The average Bonchev–Trinajstić information content (AvgIpc) is 3.44. The molecule has 9 nitrogen and oxygen atoms in total. The van der Waals surface area contributed by atoms with E-state index >= 15 is 0 Å². The first-order chi connectivity index (χ1) is 39.6. The number of quaternary nitrogens is 1. The molecule has 0 saturated heterocycles. The summed E-state index contributed by atoms with van der Waals surface area (Å²) < 4.78 is 22.8. The maximum absolute atomic E-state index is 12.8.